The van der Waals surface area contributed by atoms with E-state index in [1.165, 1.54) is 11.5 Å². The molecule has 1 aromatic carbocycles. The van der Waals surface area contributed by atoms with Crippen molar-refractivity contribution in [3.63, 3.8) is 0 Å². The molecule has 18 heavy (non-hydrogen) atoms. The van der Waals surface area contributed by atoms with Gasteiger partial charge in [-0.15, -0.1) is 0 Å². The van der Waals surface area contributed by atoms with Crippen molar-refractivity contribution in [2.24, 2.45) is 0 Å². The molecule has 0 saturated heterocycles. The van der Waals surface area contributed by atoms with Gasteiger partial charge in [0.25, 0.3) is 0 Å². The Kier molecular flexibility index (Phi) is 3.59. The van der Waals surface area contributed by atoms with E-state index in [1.807, 2.05) is 39.0 Å². The number of aromatic nitrogens is 1. The van der Waals surface area contributed by atoms with Crippen LogP contribution in [-0.2, 0) is 4.74 Å². The third kappa shape index (κ3) is 3.00. The maximum absolute atomic E-state index is 11.7. The summed E-state index contributed by atoms with van der Waals surface area (Å²) in [4.78, 5) is 11.7. The van der Waals surface area contributed by atoms with Gasteiger partial charge in [-0.3, -0.25) is 5.32 Å². The summed E-state index contributed by atoms with van der Waals surface area (Å²) in [6.07, 6.45) is -0.465. The number of ether oxygens (including phenoxy) is 1. The first kappa shape index (κ1) is 13.3. The van der Waals surface area contributed by atoms with E-state index < -0.39 is 11.7 Å². The zero-order valence-corrected chi connectivity index (χ0v) is 12.7. The molecule has 0 bridgehead atoms. The molecule has 96 valence electrons. The summed E-state index contributed by atoms with van der Waals surface area (Å²) in [5, 5.41) is 4.32. The number of benzene rings is 1. The second-order valence-electron chi connectivity index (χ2n) is 4.77. The number of amides is 1. The largest absolute Gasteiger partial charge is 0.444 e. The first-order chi connectivity index (χ1) is 8.37. The number of fused-ring (bicyclic) bond motifs is 1. The summed E-state index contributed by atoms with van der Waals surface area (Å²) in [6, 6.07) is 5.73. The van der Waals surface area contributed by atoms with E-state index in [4.69, 9.17) is 4.74 Å². The number of hydrogen-bond acceptors (Lipinski definition) is 4. The lowest BCUT2D eigenvalue weighted by Gasteiger charge is -2.19. The van der Waals surface area contributed by atoms with Gasteiger partial charge in [-0.05, 0) is 60.4 Å². The van der Waals surface area contributed by atoms with Crippen molar-refractivity contribution >= 4 is 49.5 Å². The van der Waals surface area contributed by atoms with Crippen molar-refractivity contribution < 1.29 is 9.53 Å². The average molecular weight is 329 g/mol. The summed E-state index contributed by atoms with van der Waals surface area (Å²) < 4.78 is 10.4. The van der Waals surface area contributed by atoms with Crippen LogP contribution in [-0.4, -0.2) is 16.1 Å². The second-order valence-corrected chi connectivity index (χ2v) is 6.40. The van der Waals surface area contributed by atoms with Gasteiger partial charge in [0.2, 0.25) is 0 Å². The van der Waals surface area contributed by atoms with Gasteiger partial charge in [0, 0.05) is 9.86 Å². The monoisotopic (exact) mass is 328 g/mol. The second kappa shape index (κ2) is 4.85. The Bertz CT molecular complexity index is 589. The summed E-state index contributed by atoms with van der Waals surface area (Å²) in [5.41, 5.74) is 0.332. The fourth-order valence-corrected chi connectivity index (χ4v) is 2.76. The minimum absolute atomic E-state index is 0.465. The Labute approximate surface area is 118 Å². The normalized spacial score (nSPS) is 11.6. The molecule has 6 heteroatoms. The molecule has 0 radical (unpaired) electrons. The van der Waals surface area contributed by atoms with E-state index in [0.717, 1.165) is 15.4 Å². The lowest BCUT2D eigenvalue weighted by atomic mass is 10.2. The highest BCUT2D eigenvalue weighted by Crippen LogP contribution is 2.32. The number of nitrogens with zero attached hydrogens (tertiary/aromatic N) is 1. The van der Waals surface area contributed by atoms with E-state index in [1.54, 1.807) is 0 Å². The van der Waals surface area contributed by atoms with Crippen molar-refractivity contribution in [2.75, 3.05) is 5.32 Å². The molecule has 0 atom stereocenters. The predicted octanol–water partition coefficient (Wildman–Crippen LogP) is 4.41. The number of halogens is 1. The van der Waals surface area contributed by atoms with Gasteiger partial charge in [-0.1, -0.05) is 6.07 Å². The van der Waals surface area contributed by atoms with Gasteiger partial charge in [0.15, 0.2) is 0 Å². The van der Waals surface area contributed by atoms with Gasteiger partial charge < -0.3 is 4.74 Å². The van der Waals surface area contributed by atoms with Crippen molar-refractivity contribution in [1.82, 2.24) is 4.37 Å². The fraction of sp³-hybridized carbons (Fsp3) is 0.333. The van der Waals surface area contributed by atoms with Crippen LogP contribution in [0.3, 0.4) is 0 Å². The Hall–Kier alpha value is -1.14. The van der Waals surface area contributed by atoms with E-state index in [0.29, 0.717) is 5.00 Å². The van der Waals surface area contributed by atoms with Gasteiger partial charge in [-0.2, -0.15) is 4.37 Å². The van der Waals surface area contributed by atoms with Crippen LogP contribution in [0.1, 0.15) is 20.8 Å². The highest BCUT2D eigenvalue weighted by molar-refractivity contribution is 9.10. The summed E-state index contributed by atoms with van der Waals surface area (Å²) >= 11 is 4.66. The van der Waals surface area contributed by atoms with Crippen LogP contribution in [0.15, 0.2) is 22.7 Å². The molecule has 0 aliphatic rings. The molecule has 1 N–H and O–H groups in total. The van der Waals surface area contributed by atoms with Crippen LogP contribution in [0.5, 0.6) is 0 Å². The molecule has 0 aliphatic heterocycles. The lowest BCUT2D eigenvalue weighted by molar-refractivity contribution is 0.0636. The summed E-state index contributed by atoms with van der Waals surface area (Å²) in [6.45, 7) is 5.48. The third-order valence-electron chi connectivity index (χ3n) is 2.07. The number of carbonyl (C=O) groups is 1. The fourth-order valence-electron chi connectivity index (χ4n) is 1.42. The van der Waals surface area contributed by atoms with Crippen LogP contribution < -0.4 is 5.32 Å². The number of carbonyl (C=O) groups excluding carboxylic acids is 1. The topological polar surface area (TPSA) is 51.2 Å². The molecule has 0 saturated carbocycles. The molecular weight excluding hydrogens is 316 g/mol. The van der Waals surface area contributed by atoms with E-state index in [9.17, 15) is 4.79 Å². The molecule has 0 unspecified atom stereocenters. The average Bonchev–Trinajstić information content (AvgIpc) is 2.60. The van der Waals surface area contributed by atoms with Crippen LogP contribution >= 0.6 is 27.5 Å². The van der Waals surface area contributed by atoms with Crippen molar-refractivity contribution in [1.29, 1.82) is 0 Å². The number of rotatable bonds is 1. The molecular formula is C12H13BrN2O2S. The Morgan fingerprint density at radius 3 is 2.83 bits per heavy atom. The van der Waals surface area contributed by atoms with Crippen molar-refractivity contribution in [3.8, 4) is 0 Å². The highest BCUT2D eigenvalue weighted by Gasteiger charge is 2.18. The molecule has 2 aromatic rings. The van der Waals surface area contributed by atoms with E-state index in [2.05, 4.69) is 25.6 Å². The predicted molar refractivity (Wildman–Crippen MR) is 77.2 cm³/mol. The Morgan fingerprint density at radius 1 is 1.44 bits per heavy atom. The van der Waals surface area contributed by atoms with Crippen LogP contribution in [0, 0.1) is 0 Å². The van der Waals surface area contributed by atoms with E-state index >= 15 is 0 Å². The van der Waals surface area contributed by atoms with Gasteiger partial charge in [0.05, 0.1) is 0 Å². The molecule has 0 fully saturated rings. The van der Waals surface area contributed by atoms with Crippen LogP contribution in [0.25, 0.3) is 10.9 Å². The molecule has 4 nitrogen and oxygen atoms in total. The highest BCUT2D eigenvalue weighted by atomic mass is 79.9. The number of anilines is 1. The quantitative estimate of drug-likeness (QED) is 0.843. The molecule has 1 amide bonds. The van der Waals surface area contributed by atoms with Crippen LogP contribution in [0.4, 0.5) is 9.80 Å². The van der Waals surface area contributed by atoms with Gasteiger partial charge in [0.1, 0.15) is 16.1 Å². The van der Waals surface area contributed by atoms with Crippen molar-refractivity contribution in [3.05, 3.63) is 22.7 Å². The third-order valence-corrected chi connectivity index (χ3v) is 3.49. The van der Waals surface area contributed by atoms with Gasteiger partial charge >= 0.3 is 6.09 Å². The summed E-state index contributed by atoms with van der Waals surface area (Å²) in [5.74, 6) is 0. The summed E-state index contributed by atoms with van der Waals surface area (Å²) in [7, 11) is 0. The number of nitrogens with one attached hydrogen (secondary N) is 1. The first-order valence-corrected chi connectivity index (χ1v) is 6.97. The van der Waals surface area contributed by atoms with Gasteiger partial charge in [-0.25, -0.2) is 4.79 Å². The number of hydrogen-bond donors (Lipinski definition) is 1. The van der Waals surface area contributed by atoms with Crippen molar-refractivity contribution in [2.45, 2.75) is 26.4 Å². The maximum atomic E-state index is 11.7. The Morgan fingerprint density at radius 2 is 2.17 bits per heavy atom. The zero-order chi connectivity index (χ0) is 13.3. The minimum Gasteiger partial charge on any atom is -0.444 e. The molecule has 0 spiro atoms. The molecule has 2 rings (SSSR count). The van der Waals surface area contributed by atoms with E-state index in [-0.39, 0.29) is 0 Å². The minimum atomic E-state index is -0.509. The first-order valence-electron chi connectivity index (χ1n) is 5.41. The molecule has 1 heterocycles. The SMILES string of the molecule is CC(C)(C)OC(=O)Nc1snc2c(Br)cccc12. The lowest BCUT2D eigenvalue weighted by Crippen LogP contribution is -2.27. The maximum Gasteiger partial charge on any atom is 0.412 e. The standard InChI is InChI=1S/C12H13BrN2O2S/c1-12(2,3)17-11(16)14-10-7-5-4-6-8(13)9(7)15-18-10/h4-6H,1-3H3,(H,14,16). The molecule has 1 aromatic heterocycles. The zero-order valence-electron chi connectivity index (χ0n) is 10.3. The molecule has 0 aliphatic carbocycles. The Balaban J connectivity index is 2.23. The smallest absolute Gasteiger partial charge is 0.412 e. The van der Waals surface area contributed by atoms with Crippen LogP contribution in [0.2, 0.25) is 0 Å².